The smallest absolute Gasteiger partial charge is 0.329 e. The number of nitrogens with zero attached hydrogens (tertiary/aromatic N) is 8. The molecule has 0 saturated carbocycles. The second-order valence-corrected chi connectivity index (χ2v) is 23.1. The molecule has 363 valence electrons. The Balaban J connectivity index is 0.769. The van der Waals surface area contributed by atoms with Gasteiger partial charge in [0, 0.05) is 107 Å². The summed E-state index contributed by atoms with van der Waals surface area (Å²) in [7, 11) is 1.09. The summed E-state index contributed by atoms with van der Waals surface area (Å²) in [6.07, 6.45) is 9.76. The highest BCUT2D eigenvalue weighted by atomic mass is 79.9. The average molecular weight is 1020 g/mol. The van der Waals surface area contributed by atoms with E-state index in [0.29, 0.717) is 28.7 Å². The Morgan fingerprint density at radius 1 is 0.913 bits per heavy atom. The van der Waals surface area contributed by atoms with Crippen LogP contribution in [0.1, 0.15) is 68.3 Å². The number of hydrogen-bond acceptors (Lipinski definition) is 13. The molecule has 3 aromatic heterocycles. The predicted molar refractivity (Wildman–Crippen MR) is 278 cm³/mol. The van der Waals surface area contributed by atoms with E-state index in [2.05, 4.69) is 82.8 Å². The highest BCUT2D eigenvalue weighted by Crippen LogP contribution is 2.61. The third kappa shape index (κ3) is 9.36. The van der Waals surface area contributed by atoms with Crippen molar-refractivity contribution < 1.29 is 19.2 Å². The second kappa shape index (κ2) is 19.7. The van der Waals surface area contributed by atoms with Crippen LogP contribution in [0.2, 0.25) is 0 Å². The van der Waals surface area contributed by atoms with E-state index in [9.17, 15) is 19.3 Å². The number of ether oxygens (including phenoxy) is 1. The molecule has 1 unspecified atom stereocenters. The number of pyridine rings is 1. The quantitative estimate of drug-likeness (QED) is 0.0692. The van der Waals surface area contributed by atoms with Gasteiger partial charge in [-0.05, 0) is 122 Å². The number of benzene rings is 3. The summed E-state index contributed by atoms with van der Waals surface area (Å²) in [4.78, 5) is 72.2. The van der Waals surface area contributed by atoms with E-state index in [1.165, 1.54) is 11.3 Å². The van der Waals surface area contributed by atoms with Crippen molar-refractivity contribution in [2.75, 3.05) is 80.8 Å². The summed E-state index contributed by atoms with van der Waals surface area (Å²) in [5, 5.41) is 11.4. The minimum absolute atomic E-state index is 0.221. The van der Waals surface area contributed by atoms with Crippen molar-refractivity contribution >= 4 is 91.3 Å². The Hall–Kier alpha value is -5.45. The summed E-state index contributed by atoms with van der Waals surface area (Å²) < 4.78 is 9.95. The molecule has 18 heteroatoms. The molecule has 4 N–H and O–H groups in total. The second-order valence-electron chi connectivity index (χ2n) is 19.0. The number of nitrogens with one attached hydrogen (secondary N) is 3. The topological polar surface area (TPSA) is 175 Å². The van der Waals surface area contributed by atoms with Crippen LogP contribution in [-0.2, 0) is 29.5 Å². The number of hydrogen-bond donors (Lipinski definition) is 4. The molecular formula is C51H62BrN11O5P. The Kier molecular flexibility index (Phi) is 13.5. The number of halogens is 1. The first-order valence-corrected chi connectivity index (χ1v) is 27.3. The number of carbonyl (C=O) groups excluding carboxylic acids is 2. The largest absolute Gasteiger partial charge is 0.494 e. The molecule has 4 aliphatic rings. The lowest BCUT2D eigenvalue weighted by Gasteiger charge is -2.43. The van der Waals surface area contributed by atoms with Crippen molar-refractivity contribution in [2.24, 2.45) is 7.05 Å². The number of imidazole rings is 1. The van der Waals surface area contributed by atoms with E-state index in [0.717, 1.165) is 152 Å². The standard InChI is InChI=1S/C51H62BrN11O5P/c1-5-33-29-40(56-50-53-31-37(52)48(58-50)55-39-14-13-38-36(12-11-32(2)54-38)47(39)69(67)27-6-7-28-69)44(68-4)30-43(33)62-21-18-35(19-22-62)61-25-23-60(24-26-61)20-17-34-9-8-10-41-46(34)59(3)51(66)63(41)42-15-16-45(64)57-49(42)65/h8-14,29-31,35,42,67H,5-7,15-28H2,1-4H3,(H,57,64,65)(H2,53,55,56,58). The van der Waals surface area contributed by atoms with Crippen molar-refractivity contribution in [2.45, 2.75) is 77.3 Å². The molecule has 0 aliphatic carbocycles. The van der Waals surface area contributed by atoms with Crippen LogP contribution in [-0.4, -0.2) is 122 Å². The van der Waals surface area contributed by atoms with Gasteiger partial charge < -0.3 is 30.1 Å². The van der Waals surface area contributed by atoms with Gasteiger partial charge in [-0.1, -0.05) is 25.1 Å². The predicted octanol–water partition coefficient (Wildman–Crippen LogP) is 6.96. The van der Waals surface area contributed by atoms with E-state index >= 15 is 0 Å². The first-order valence-electron chi connectivity index (χ1n) is 24.4. The maximum Gasteiger partial charge on any atom is 0.329 e. The van der Waals surface area contributed by atoms with Crippen LogP contribution in [0.4, 0.5) is 28.8 Å². The zero-order valence-electron chi connectivity index (χ0n) is 39.9. The number of anilines is 5. The number of aromatic nitrogens is 5. The normalized spacial score (nSPS) is 19.4. The highest BCUT2D eigenvalue weighted by Gasteiger charge is 2.36. The lowest BCUT2D eigenvalue weighted by molar-refractivity contribution is -0.135. The Morgan fingerprint density at radius 2 is 1.70 bits per heavy atom. The maximum absolute atomic E-state index is 13.5. The van der Waals surface area contributed by atoms with Crippen LogP contribution in [0, 0.1) is 6.92 Å². The number of aryl methyl sites for hydroxylation is 3. The first kappa shape index (κ1) is 47.2. The summed E-state index contributed by atoms with van der Waals surface area (Å²) in [6, 6.07) is 18.3. The molecule has 3 aromatic carbocycles. The molecule has 7 heterocycles. The summed E-state index contributed by atoms with van der Waals surface area (Å²) >= 11 is 3.69. The molecule has 2 amide bonds. The van der Waals surface area contributed by atoms with Gasteiger partial charge in [-0.3, -0.25) is 33.9 Å². The van der Waals surface area contributed by atoms with Crippen molar-refractivity contribution in [3.05, 3.63) is 92.6 Å². The Bertz CT molecular complexity index is 2990. The molecule has 6 aromatic rings. The maximum atomic E-state index is 13.5. The van der Waals surface area contributed by atoms with Crippen LogP contribution >= 0.6 is 23.4 Å². The van der Waals surface area contributed by atoms with Crippen LogP contribution in [0.3, 0.4) is 0 Å². The van der Waals surface area contributed by atoms with Gasteiger partial charge in [-0.25, -0.2) is 9.78 Å². The minimum atomic E-state index is -2.39. The van der Waals surface area contributed by atoms with Crippen LogP contribution < -0.4 is 36.6 Å². The fourth-order valence-electron chi connectivity index (χ4n) is 11.2. The molecule has 10 rings (SSSR count). The third-order valence-corrected chi connectivity index (χ3v) is 18.9. The Labute approximate surface area is 411 Å². The third-order valence-electron chi connectivity index (χ3n) is 14.9. The molecule has 0 spiro atoms. The number of imide groups is 1. The molecule has 69 heavy (non-hydrogen) atoms. The molecule has 4 fully saturated rings. The number of piperidine rings is 2. The summed E-state index contributed by atoms with van der Waals surface area (Å²) in [5.74, 6) is 1.04. The van der Waals surface area contributed by atoms with E-state index in [1.807, 2.05) is 37.3 Å². The monoisotopic (exact) mass is 1020 g/mol. The molecule has 1 atom stereocenters. The van der Waals surface area contributed by atoms with Crippen LogP contribution in [0.5, 0.6) is 5.75 Å². The first-order chi connectivity index (χ1) is 33.4. The van der Waals surface area contributed by atoms with E-state index in [1.54, 1.807) is 29.5 Å². The van der Waals surface area contributed by atoms with Gasteiger partial charge in [-0.15, -0.1) is 0 Å². The van der Waals surface area contributed by atoms with Gasteiger partial charge >= 0.3 is 5.69 Å². The van der Waals surface area contributed by atoms with Crippen molar-refractivity contribution in [1.29, 1.82) is 0 Å². The zero-order chi connectivity index (χ0) is 48.0. The number of amides is 2. The van der Waals surface area contributed by atoms with Gasteiger partial charge in [0.25, 0.3) is 0 Å². The number of carbonyl (C=O) groups is 2. The Morgan fingerprint density at radius 3 is 2.43 bits per heavy atom. The molecular weight excluding hydrogens is 958 g/mol. The van der Waals surface area contributed by atoms with Crippen LogP contribution in [0.15, 0.2) is 70.1 Å². The number of piperazine rings is 1. The molecule has 1 radical (unpaired) electrons. The van der Waals surface area contributed by atoms with Crippen LogP contribution in [0.25, 0.3) is 21.9 Å². The fourth-order valence-corrected chi connectivity index (χ4v) is 14.9. The van der Waals surface area contributed by atoms with Gasteiger partial charge in [0.05, 0.1) is 39.5 Å². The van der Waals surface area contributed by atoms with Crippen molar-refractivity contribution in [3.63, 3.8) is 0 Å². The number of rotatable bonds is 13. The number of methoxy groups -OCH3 is 1. The molecule has 4 aliphatic heterocycles. The lowest BCUT2D eigenvalue weighted by atomic mass is 9.99. The lowest BCUT2D eigenvalue weighted by Crippen LogP contribution is -2.53. The summed E-state index contributed by atoms with van der Waals surface area (Å²) in [5.41, 5.74) is 8.35. The highest BCUT2D eigenvalue weighted by molar-refractivity contribution is 9.10. The zero-order valence-corrected chi connectivity index (χ0v) is 42.4. The minimum Gasteiger partial charge on any atom is -0.494 e. The van der Waals surface area contributed by atoms with Gasteiger partial charge in [0.15, 0.2) is 0 Å². The average Bonchev–Trinajstić information content (AvgIpc) is 3.91. The number of para-hydroxylation sites is 1. The molecule has 0 bridgehead atoms. The van der Waals surface area contributed by atoms with Gasteiger partial charge in [-0.2, -0.15) is 4.98 Å². The molecule has 4 saturated heterocycles. The van der Waals surface area contributed by atoms with E-state index in [4.69, 9.17) is 14.7 Å². The van der Waals surface area contributed by atoms with Gasteiger partial charge in [0.1, 0.15) is 17.6 Å². The molecule has 16 nitrogen and oxygen atoms in total. The summed E-state index contributed by atoms with van der Waals surface area (Å²) in [6.45, 7) is 11.0. The fraction of sp³-hybridized carbons (Fsp3) is 0.451. The number of fused-ring (bicyclic) bond motifs is 2. The van der Waals surface area contributed by atoms with Crippen molar-refractivity contribution in [3.8, 4) is 5.75 Å². The van der Waals surface area contributed by atoms with E-state index in [-0.39, 0.29) is 18.0 Å². The van der Waals surface area contributed by atoms with E-state index < -0.39 is 19.4 Å². The SMILES string of the molecule is CCc1cc(Nc2ncc(Br)c(Nc3ccc4nc(C)ccc4c3[P]3(O)CCCC3)n2)c(OC)cc1N1CCC(N2CCN(CCc3cccc4c3n(C)c(=O)n4C3CCC(=O)NC3=O)CC2)CC1. The van der Waals surface area contributed by atoms with Gasteiger partial charge in [0.2, 0.25) is 17.8 Å². The van der Waals surface area contributed by atoms with Crippen molar-refractivity contribution in [1.82, 2.24) is 39.2 Å².